The zero-order valence-electron chi connectivity index (χ0n) is 16.1. The molecule has 2 amide bonds. The Hall–Kier alpha value is -3.47. The second-order valence-electron chi connectivity index (χ2n) is 6.32. The van der Waals surface area contributed by atoms with Crippen LogP contribution in [-0.4, -0.2) is 23.3 Å². The Bertz CT molecular complexity index is 953. The summed E-state index contributed by atoms with van der Waals surface area (Å²) in [6.07, 6.45) is 2.43. The normalized spacial score (nSPS) is 10.4. The summed E-state index contributed by atoms with van der Waals surface area (Å²) in [7, 11) is 0. The van der Waals surface area contributed by atoms with Gasteiger partial charge in [0.25, 0.3) is 11.8 Å². The number of benzene rings is 2. The van der Waals surface area contributed by atoms with E-state index in [2.05, 4.69) is 17.2 Å². The molecule has 0 aliphatic rings. The molecule has 1 aromatic heterocycles. The molecule has 1 N–H and O–H groups in total. The van der Waals surface area contributed by atoms with Crippen LogP contribution < -0.4 is 10.2 Å². The first kappa shape index (κ1) is 19.3. The fraction of sp³-hybridized carbons (Fsp3) is 0.174. The summed E-state index contributed by atoms with van der Waals surface area (Å²) in [6, 6.07) is 20.3. The third-order valence-electron chi connectivity index (χ3n) is 4.49. The van der Waals surface area contributed by atoms with E-state index < -0.39 is 0 Å². The third kappa shape index (κ3) is 4.43. The van der Waals surface area contributed by atoms with Gasteiger partial charge in [-0.15, -0.1) is 0 Å². The van der Waals surface area contributed by atoms with Gasteiger partial charge < -0.3 is 10.2 Å². The molecule has 0 fully saturated rings. The molecule has 0 aliphatic heterocycles. The number of aryl methyl sites for hydroxylation is 1. The molecule has 2 aromatic carbocycles. The molecular weight excluding hydrogens is 350 g/mol. The number of rotatable bonds is 6. The van der Waals surface area contributed by atoms with Crippen molar-refractivity contribution < 1.29 is 9.59 Å². The van der Waals surface area contributed by atoms with Crippen molar-refractivity contribution in [2.24, 2.45) is 0 Å². The maximum atomic E-state index is 12.9. The van der Waals surface area contributed by atoms with E-state index in [4.69, 9.17) is 0 Å². The Kier molecular flexibility index (Phi) is 6.17. The van der Waals surface area contributed by atoms with Crippen LogP contribution in [-0.2, 0) is 6.42 Å². The van der Waals surface area contributed by atoms with Crippen LogP contribution in [0.3, 0.4) is 0 Å². The standard InChI is InChI=1S/C23H23N3O2/c1-3-17-10-12-19(13-11-17)25-22(27)21-16-18(14-15-24-21)23(28)26(4-2)20-8-6-5-7-9-20/h5-16H,3-4H2,1-2H3,(H,25,27). The first-order valence-electron chi connectivity index (χ1n) is 9.35. The van der Waals surface area contributed by atoms with Gasteiger partial charge in [-0.25, -0.2) is 0 Å². The van der Waals surface area contributed by atoms with Crippen molar-refractivity contribution in [2.45, 2.75) is 20.3 Å². The first-order valence-corrected chi connectivity index (χ1v) is 9.35. The number of nitrogens with one attached hydrogen (secondary N) is 1. The van der Waals surface area contributed by atoms with Crippen molar-refractivity contribution in [3.05, 3.63) is 89.7 Å². The van der Waals surface area contributed by atoms with E-state index in [9.17, 15) is 9.59 Å². The van der Waals surface area contributed by atoms with Gasteiger partial charge in [0, 0.05) is 29.7 Å². The van der Waals surface area contributed by atoms with Crippen molar-refractivity contribution in [1.82, 2.24) is 4.98 Å². The van der Waals surface area contributed by atoms with Crippen LogP contribution in [0.4, 0.5) is 11.4 Å². The Labute approximate surface area is 165 Å². The minimum atomic E-state index is -0.346. The molecule has 0 saturated carbocycles. The Morgan fingerprint density at radius 1 is 0.964 bits per heavy atom. The summed E-state index contributed by atoms with van der Waals surface area (Å²) in [4.78, 5) is 31.3. The Morgan fingerprint density at radius 3 is 2.32 bits per heavy atom. The summed E-state index contributed by atoms with van der Waals surface area (Å²) >= 11 is 0. The first-order chi connectivity index (χ1) is 13.6. The number of carbonyl (C=O) groups excluding carboxylic acids is 2. The highest BCUT2D eigenvalue weighted by Crippen LogP contribution is 2.17. The number of amides is 2. The van der Waals surface area contributed by atoms with E-state index in [1.807, 2.05) is 61.5 Å². The second-order valence-corrected chi connectivity index (χ2v) is 6.32. The van der Waals surface area contributed by atoms with Crippen LogP contribution in [0.25, 0.3) is 0 Å². The van der Waals surface area contributed by atoms with Crippen molar-refractivity contribution in [3.63, 3.8) is 0 Å². The molecule has 0 bridgehead atoms. The topological polar surface area (TPSA) is 62.3 Å². The minimum absolute atomic E-state index is 0.169. The van der Waals surface area contributed by atoms with E-state index in [1.165, 1.54) is 17.8 Å². The largest absolute Gasteiger partial charge is 0.321 e. The number of anilines is 2. The third-order valence-corrected chi connectivity index (χ3v) is 4.49. The smallest absolute Gasteiger partial charge is 0.274 e. The summed E-state index contributed by atoms with van der Waals surface area (Å²) < 4.78 is 0. The van der Waals surface area contributed by atoms with Crippen molar-refractivity contribution in [3.8, 4) is 0 Å². The molecule has 5 nitrogen and oxygen atoms in total. The molecule has 1 heterocycles. The summed E-state index contributed by atoms with van der Waals surface area (Å²) in [6.45, 7) is 4.52. The van der Waals surface area contributed by atoms with Gasteiger partial charge >= 0.3 is 0 Å². The van der Waals surface area contributed by atoms with Crippen LogP contribution in [0, 0.1) is 0 Å². The molecule has 28 heavy (non-hydrogen) atoms. The van der Waals surface area contributed by atoms with Crippen molar-refractivity contribution in [1.29, 1.82) is 0 Å². The summed E-state index contributed by atoms with van der Waals surface area (Å²) in [5, 5.41) is 2.82. The number of aromatic nitrogens is 1. The number of pyridine rings is 1. The lowest BCUT2D eigenvalue weighted by atomic mass is 10.1. The highest BCUT2D eigenvalue weighted by atomic mass is 16.2. The van der Waals surface area contributed by atoms with Crippen LogP contribution in [0.1, 0.15) is 40.3 Å². The minimum Gasteiger partial charge on any atom is -0.321 e. The van der Waals surface area contributed by atoms with Gasteiger partial charge in [0.15, 0.2) is 0 Å². The highest BCUT2D eigenvalue weighted by Gasteiger charge is 2.18. The highest BCUT2D eigenvalue weighted by molar-refractivity contribution is 6.08. The molecule has 5 heteroatoms. The lowest BCUT2D eigenvalue weighted by molar-refractivity contribution is 0.0988. The van der Waals surface area contributed by atoms with E-state index in [0.29, 0.717) is 17.8 Å². The fourth-order valence-electron chi connectivity index (χ4n) is 2.91. The quantitative estimate of drug-likeness (QED) is 0.689. The summed E-state index contributed by atoms with van der Waals surface area (Å²) in [5.41, 5.74) is 3.33. The number of hydrogen-bond donors (Lipinski definition) is 1. The van der Waals surface area contributed by atoms with Gasteiger partial charge in [-0.3, -0.25) is 14.6 Å². The van der Waals surface area contributed by atoms with Gasteiger partial charge in [-0.2, -0.15) is 0 Å². The molecule has 0 saturated heterocycles. The number of nitrogens with zero attached hydrogens (tertiary/aromatic N) is 2. The lowest BCUT2D eigenvalue weighted by Crippen LogP contribution is -2.30. The number of carbonyl (C=O) groups is 2. The average Bonchev–Trinajstić information content (AvgIpc) is 2.75. The maximum Gasteiger partial charge on any atom is 0.274 e. The van der Waals surface area contributed by atoms with Crippen LogP contribution in [0.2, 0.25) is 0 Å². The fourth-order valence-corrected chi connectivity index (χ4v) is 2.91. The average molecular weight is 373 g/mol. The predicted molar refractivity (Wildman–Crippen MR) is 112 cm³/mol. The molecule has 3 aromatic rings. The van der Waals surface area contributed by atoms with Crippen LogP contribution in [0.15, 0.2) is 72.9 Å². The molecule has 0 unspecified atom stereocenters. The molecule has 0 radical (unpaired) electrons. The number of para-hydroxylation sites is 1. The molecule has 3 rings (SSSR count). The summed E-state index contributed by atoms with van der Waals surface area (Å²) in [5.74, 6) is -0.515. The van der Waals surface area contributed by atoms with Gasteiger partial charge in [0.1, 0.15) is 5.69 Å². The van der Waals surface area contributed by atoms with Gasteiger partial charge in [-0.05, 0) is 55.3 Å². The Morgan fingerprint density at radius 2 is 1.68 bits per heavy atom. The van der Waals surface area contributed by atoms with Crippen molar-refractivity contribution >= 4 is 23.2 Å². The van der Waals surface area contributed by atoms with E-state index in [-0.39, 0.29) is 17.5 Å². The second kappa shape index (κ2) is 8.95. The van der Waals surface area contributed by atoms with Crippen molar-refractivity contribution in [2.75, 3.05) is 16.8 Å². The van der Waals surface area contributed by atoms with E-state index in [1.54, 1.807) is 11.0 Å². The monoisotopic (exact) mass is 373 g/mol. The molecular formula is C23H23N3O2. The van der Waals surface area contributed by atoms with E-state index in [0.717, 1.165) is 12.1 Å². The molecule has 0 spiro atoms. The Balaban J connectivity index is 1.78. The zero-order valence-corrected chi connectivity index (χ0v) is 16.1. The number of hydrogen-bond acceptors (Lipinski definition) is 3. The maximum absolute atomic E-state index is 12.9. The van der Waals surface area contributed by atoms with Gasteiger partial charge in [0.05, 0.1) is 0 Å². The zero-order chi connectivity index (χ0) is 19.9. The van der Waals surface area contributed by atoms with Crippen LogP contribution >= 0.6 is 0 Å². The van der Waals surface area contributed by atoms with Gasteiger partial charge in [-0.1, -0.05) is 37.3 Å². The SMILES string of the molecule is CCc1ccc(NC(=O)c2cc(C(=O)N(CC)c3ccccc3)ccn2)cc1. The molecule has 142 valence electrons. The predicted octanol–water partition coefficient (Wildman–Crippen LogP) is 4.56. The van der Waals surface area contributed by atoms with Crippen LogP contribution in [0.5, 0.6) is 0 Å². The molecule has 0 aliphatic carbocycles. The molecule has 0 atom stereocenters. The van der Waals surface area contributed by atoms with Gasteiger partial charge in [0.2, 0.25) is 0 Å². The van der Waals surface area contributed by atoms with E-state index >= 15 is 0 Å². The lowest BCUT2D eigenvalue weighted by Gasteiger charge is -2.21.